The molecule has 2 atom stereocenters. The van der Waals surface area contributed by atoms with Crippen LogP contribution in [0.3, 0.4) is 0 Å². The summed E-state index contributed by atoms with van der Waals surface area (Å²) in [6, 6.07) is -2.10. The van der Waals surface area contributed by atoms with E-state index in [9.17, 15) is 19.2 Å². The molecular weight excluding hydrogens is 230 g/mol. The summed E-state index contributed by atoms with van der Waals surface area (Å²) in [5.41, 5.74) is 4.86. The van der Waals surface area contributed by atoms with Crippen LogP contribution in [0.2, 0.25) is 0 Å². The van der Waals surface area contributed by atoms with Crippen molar-refractivity contribution in [3.63, 3.8) is 0 Å². The number of carbonyl (C=O) groups is 4. The molecule has 1 heterocycles. The molecule has 1 saturated heterocycles. The zero-order chi connectivity index (χ0) is 13.0. The van der Waals surface area contributed by atoms with Crippen molar-refractivity contribution >= 4 is 23.7 Å². The van der Waals surface area contributed by atoms with Crippen LogP contribution in [0.15, 0.2) is 0 Å². The minimum Gasteiger partial charge on any atom is -0.480 e. The molecule has 0 radical (unpaired) electrons. The van der Waals surface area contributed by atoms with Crippen molar-refractivity contribution in [2.24, 2.45) is 5.73 Å². The quantitative estimate of drug-likeness (QED) is 0.430. The second-order valence-electron chi connectivity index (χ2n) is 3.73. The summed E-state index contributed by atoms with van der Waals surface area (Å²) in [7, 11) is 0. The number of nitrogens with one attached hydrogen (secondary N) is 2. The van der Waals surface area contributed by atoms with Crippen molar-refractivity contribution in [2.45, 2.75) is 31.3 Å². The third kappa shape index (κ3) is 3.74. The lowest BCUT2D eigenvalue weighted by atomic mass is 10.1. The molecule has 1 unspecified atom stereocenters. The van der Waals surface area contributed by atoms with E-state index in [2.05, 4.69) is 10.6 Å². The number of aliphatic carboxylic acids is 1. The minimum absolute atomic E-state index is 0.228. The van der Waals surface area contributed by atoms with Gasteiger partial charge in [-0.05, 0) is 6.42 Å². The maximum absolute atomic E-state index is 11.5. The summed E-state index contributed by atoms with van der Waals surface area (Å²) in [5, 5.41) is 13.3. The number of rotatable bonds is 5. The zero-order valence-electron chi connectivity index (χ0n) is 8.93. The second kappa shape index (κ2) is 5.28. The molecule has 0 bridgehead atoms. The van der Waals surface area contributed by atoms with Gasteiger partial charge in [0.05, 0.1) is 6.42 Å². The lowest BCUT2D eigenvalue weighted by Gasteiger charge is -2.16. The van der Waals surface area contributed by atoms with E-state index in [-0.39, 0.29) is 12.3 Å². The van der Waals surface area contributed by atoms with E-state index in [0.717, 1.165) is 0 Å². The van der Waals surface area contributed by atoms with Gasteiger partial charge in [0.15, 0.2) is 0 Å². The molecule has 0 aliphatic carbocycles. The van der Waals surface area contributed by atoms with Crippen molar-refractivity contribution in [3.05, 3.63) is 0 Å². The summed E-state index contributed by atoms with van der Waals surface area (Å²) < 4.78 is 0. The largest absolute Gasteiger partial charge is 0.480 e. The van der Waals surface area contributed by atoms with E-state index in [0.29, 0.717) is 6.42 Å². The van der Waals surface area contributed by atoms with Crippen molar-refractivity contribution in [2.75, 3.05) is 0 Å². The summed E-state index contributed by atoms with van der Waals surface area (Å²) >= 11 is 0. The molecular formula is C9H13N3O5. The zero-order valence-corrected chi connectivity index (χ0v) is 8.93. The normalized spacial score (nSPS) is 20.5. The Balaban J connectivity index is 2.55. The van der Waals surface area contributed by atoms with Crippen molar-refractivity contribution in [1.82, 2.24) is 10.6 Å². The molecule has 1 aliphatic rings. The first-order valence-corrected chi connectivity index (χ1v) is 5.01. The van der Waals surface area contributed by atoms with Gasteiger partial charge in [0.25, 0.3) is 0 Å². The number of carbonyl (C=O) groups excluding carboxylic acids is 3. The van der Waals surface area contributed by atoms with Crippen LogP contribution in [0.1, 0.15) is 19.3 Å². The molecule has 0 aromatic carbocycles. The highest BCUT2D eigenvalue weighted by Gasteiger charge is 2.30. The van der Waals surface area contributed by atoms with E-state index in [1.165, 1.54) is 0 Å². The second-order valence-corrected chi connectivity index (χ2v) is 3.73. The molecule has 0 aromatic rings. The Labute approximate surface area is 96.5 Å². The molecule has 17 heavy (non-hydrogen) atoms. The van der Waals surface area contributed by atoms with Crippen LogP contribution >= 0.6 is 0 Å². The number of primary amides is 1. The Morgan fingerprint density at radius 2 is 2.18 bits per heavy atom. The predicted molar refractivity (Wildman–Crippen MR) is 54.5 cm³/mol. The van der Waals surface area contributed by atoms with Crippen LogP contribution in [0.4, 0.5) is 0 Å². The van der Waals surface area contributed by atoms with E-state index >= 15 is 0 Å². The molecule has 1 fully saturated rings. The number of carboxylic acids is 1. The van der Waals surface area contributed by atoms with Gasteiger partial charge in [-0.1, -0.05) is 0 Å². The molecule has 3 amide bonds. The van der Waals surface area contributed by atoms with Gasteiger partial charge < -0.3 is 21.5 Å². The summed E-state index contributed by atoms with van der Waals surface area (Å²) in [6.07, 6.45) is 0.0565. The highest BCUT2D eigenvalue weighted by Crippen LogP contribution is 2.07. The Hall–Kier alpha value is -2.12. The minimum atomic E-state index is -1.36. The topological polar surface area (TPSA) is 139 Å². The lowest BCUT2D eigenvalue weighted by molar-refractivity contribution is -0.143. The number of carboxylic acid groups (broad SMARTS) is 1. The number of hydrogen-bond donors (Lipinski definition) is 4. The van der Waals surface area contributed by atoms with E-state index in [1.807, 2.05) is 0 Å². The van der Waals surface area contributed by atoms with Crippen LogP contribution < -0.4 is 16.4 Å². The van der Waals surface area contributed by atoms with Crippen molar-refractivity contribution < 1.29 is 24.3 Å². The van der Waals surface area contributed by atoms with Crippen LogP contribution in [-0.2, 0) is 19.2 Å². The highest BCUT2D eigenvalue weighted by molar-refractivity contribution is 5.94. The molecule has 1 rings (SSSR count). The smallest absolute Gasteiger partial charge is 0.326 e. The number of nitrogens with two attached hydrogens (primary N) is 1. The molecule has 5 N–H and O–H groups in total. The Morgan fingerprint density at radius 1 is 1.53 bits per heavy atom. The van der Waals surface area contributed by atoms with Gasteiger partial charge in [-0.25, -0.2) is 4.79 Å². The first-order chi connectivity index (χ1) is 7.90. The first kappa shape index (κ1) is 12.9. The van der Waals surface area contributed by atoms with Crippen molar-refractivity contribution in [1.29, 1.82) is 0 Å². The monoisotopic (exact) mass is 243 g/mol. The standard InChI is InChI=1S/C9H13N3O5/c10-6(13)3-5(9(16)17)12-8(15)4-1-2-7(14)11-4/h4-5H,1-3H2,(H2,10,13)(H,11,14)(H,12,15)(H,16,17)/t4?,5-/m0/s1. The van der Waals surface area contributed by atoms with Gasteiger partial charge in [0.1, 0.15) is 12.1 Å². The fourth-order valence-electron chi connectivity index (χ4n) is 1.48. The van der Waals surface area contributed by atoms with Crippen LogP contribution in [-0.4, -0.2) is 40.9 Å². The Morgan fingerprint density at radius 3 is 2.59 bits per heavy atom. The molecule has 8 heteroatoms. The average Bonchev–Trinajstić information content (AvgIpc) is 2.63. The molecule has 1 aliphatic heterocycles. The Kier molecular flexibility index (Phi) is 4.02. The van der Waals surface area contributed by atoms with E-state index < -0.39 is 36.3 Å². The fraction of sp³-hybridized carbons (Fsp3) is 0.556. The highest BCUT2D eigenvalue weighted by atomic mass is 16.4. The lowest BCUT2D eigenvalue weighted by Crippen LogP contribution is -2.49. The van der Waals surface area contributed by atoms with Crippen LogP contribution in [0, 0.1) is 0 Å². The van der Waals surface area contributed by atoms with Crippen LogP contribution in [0.5, 0.6) is 0 Å². The third-order valence-electron chi connectivity index (χ3n) is 2.33. The van der Waals surface area contributed by atoms with Gasteiger partial charge in [-0.15, -0.1) is 0 Å². The number of hydrogen-bond acceptors (Lipinski definition) is 4. The molecule has 0 saturated carbocycles. The molecule has 94 valence electrons. The van der Waals surface area contributed by atoms with Gasteiger partial charge in [0.2, 0.25) is 17.7 Å². The molecule has 0 spiro atoms. The summed E-state index contributed by atoms with van der Waals surface area (Å²) in [5.74, 6) is -3.05. The molecule has 8 nitrogen and oxygen atoms in total. The van der Waals surface area contributed by atoms with Crippen LogP contribution in [0.25, 0.3) is 0 Å². The van der Waals surface area contributed by atoms with E-state index in [4.69, 9.17) is 10.8 Å². The third-order valence-corrected chi connectivity index (χ3v) is 2.33. The predicted octanol–water partition coefficient (Wildman–Crippen LogP) is -2.29. The summed E-state index contributed by atoms with van der Waals surface area (Å²) in [6.45, 7) is 0. The van der Waals surface area contributed by atoms with E-state index in [1.54, 1.807) is 0 Å². The summed E-state index contributed by atoms with van der Waals surface area (Å²) in [4.78, 5) is 43.8. The first-order valence-electron chi connectivity index (χ1n) is 5.01. The van der Waals surface area contributed by atoms with Gasteiger partial charge >= 0.3 is 5.97 Å². The van der Waals surface area contributed by atoms with Gasteiger partial charge in [-0.3, -0.25) is 14.4 Å². The fourth-order valence-corrected chi connectivity index (χ4v) is 1.48. The maximum atomic E-state index is 11.5. The van der Waals surface area contributed by atoms with Gasteiger partial charge in [-0.2, -0.15) is 0 Å². The van der Waals surface area contributed by atoms with Gasteiger partial charge in [0, 0.05) is 6.42 Å². The maximum Gasteiger partial charge on any atom is 0.326 e. The SMILES string of the molecule is NC(=O)C[C@H](NC(=O)C1CCC(=O)N1)C(=O)O. The van der Waals surface area contributed by atoms with Crippen molar-refractivity contribution in [3.8, 4) is 0 Å². The average molecular weight is 243 g/mol. The number of amides is 3. The molecule has 0 aromatic heterocycles. The Bertz CT molecular complexity index is 368.